The Hall–Kier alpha value is 0.690. The molecule has 1 saturated heterocycles. The predicted octanol–water partition coefficient (Wildman–Crippen LogP) is 1.88. The van der Waals surface area contributed by atoms with Gasteiger partial charge in [-0.05, 0) is 6.37 Å². The number of nitrogens with one attached hydrogen (secondary N) is 1. The second-order valence-electron chi connectivity index (χ2n) is 1.88. The first-order valence-corrected chi connectivity index (χ1v) is 5.50. The van der Waals surface area contributed by atoms with Gasteiger partial charge < -0.3 is 4.52 Å². The minimum absolute atomic E-state index is 0.310. The fraction of sp³-hybridized carbons (Fsp3) is 1.00. The first-order chi connectivity index (χ1) is 11.5. The van der Waals surface area contributed by atoms with E-state index in [0.29, 0.717) is 0 Å². The van der Waals surface area contributed by atoms with Crippen molar-refractivity contribution in [2.24, 2.45) is 0 Å². The Morgan fingerprint density at radius 3 is 2.86 bits per heavy atom. The Balaban J connectivity index is 3.78. The summed E-state index contributed by atoms with van der Waals surface area (Å²) in [5.74, 6) is -7.10. The number of alkyl halides is 2. The molecule has 4 nitrogen and oxygen atoms in total. The third kappa shape index (κ3) is 3.37. The van der Waals surface area contributed by atoms with Gasteiger partial charge in [0.1, 0.15) is 1.41 Å². The summed E-state index contributed by atoms with van der Waals surface area (Å²) < 4.78 is 115. The lowest BCUT2D eigenvalue weighted by Crippen LogP contribution is -2.35. The Morgan fingerprint density at radius 1 is 1.64 bits per heavy atom. The Labute approximate surface area is 113 Å². The molecule has 1 aliphatic rings. The summed E-state index contributed by atoms with van der Waals surface area (Å²) in [6, 6.07) is 0. The van der Waals surface area contributed by atoms with Crippen LogP contribution in [0, 0.1) is 0 Å². The zero-order valence-corrected chi connectivity index (χ0v) is 9.03. The average Bonchev–Trinajstić information content (AvgIpc) is 2.31. The van der Waals surface area contributed by atoms with E-state index in [1.807, 2.05) is 0 Å². The molecule has 1 rings (SSSR count). The van der Waals surface area contributed by atoms with E-state index in [4.69, 9.17) is 41.1 Å². The molecule has 1 fully saturated rings. The lowest BCUT2D eigenvalue weighted by atomic mass is 10.5. The topological polar surface area (TPSA) is 41.6 Å². The first-order valence-electron chi connectivity index (χ1n) is 9.66. The van der Waals surface area contributed by atoms with Gasteiger partial charge in [-0.1, -0.05) is 0 Å². The van der Waals surface area contributed by atoms with Crippen LogP contribution in [0.4, 0.5) is 0 Å². The van der Waals surface area contributed by atoms with Crippen LogP contribution in [0.1, 0.15) is 22.8 Å². The summed E-state index contributed by atoms with van der Waals surface area (Å²) in [7, 11) is -5.63. The van der Waals surface area contributed by atoms with Gasteiger partial charge in [0.2, 0.25) is 0 Å². The minimum Gasteiger partial charge on any atom is -0.306 e. The molecule has 1 atom stereocenters. The van der Waals surface area contributed by atoms with Crippen molar-refractivity contribution in [1.82, 2.24) is 9.75 Å². The maximum Gasteiger partial charge on any atom is 0.343 e. The number of nitrogens with zero attached hydrogens (tertiary/aromatic N) is 1. The van der Waals surface area contributed by atoms with E-state index in [1.54, 1.807) is 0 Å². The number of hydrogen-bond donors (Lipinski definition) is 1. The molecule has 1 N–H and O–H groups in total. The van der Waals surface area contributed by atoms with Crippen LogP contribution in [0.5, 0.6) is 0 Å². The summed E-state index contributed by atoms with van der Waals surface area (Å²) in [5.41, 5.74) is 0. The molecule has 0 aromatic heterocycles. The Morgan fingerprint density at radius 2 is 2.29 bits per heavy atom. The lowest BCUT2D eigenvalue weighted by Gasteiger charge is -2.33. The molecule has 14 heavy (non-hydrogen) atoms. The largest absolute Gasteiger partial charge is 0.343 e. The number of hydrogen-bond acceptors (Lipinski definition) is 2. The van der Waals surface area contributed by atoms with E-state index in [-0.39, 0.29) is 5.08 Å². The smallest absolute Gasteiger partial charge is 0.306 e. The molecule has 1 aliphatic heterocycles. The zero-order valence-electron chi connectivity index (χ0n) is 19.6. The Kier molecular flexibility index (Phi) is 1.62. The molecule has 84 valence electrons. The summed E-state index contributed by atoms with van der Waals surface area (Å²) in [5, 5.41) is -0.310. The second-order valence-corrected chi connectivity index (χ2v) is 4.11. The molecule has 0 spiro atoms. The lowest BCUT2D eigenvalue weighted by molar-refractivity contribution is 0.233. The van der Waals surface area contributed by atoms with Gasteiger partial charge in [0, 0.05) is 44.9 Å². The Bertz CT molecular complexity index is 609. The van der Waals surface area contributed by atoms with Gasteiger partial charge in [0.05, 0.1) is 9.30 Å². The highest BCUT2D eigenvalue weighted by Gasteiger charge is 2.32. The molecule has 0 saturated carbocycles. The van der Waals surface area contributed by atoms with Crippen molar-refractivity contribution in [3.63, 3.8) is 0 Å². The third-order valence-corrected chi connectivity index (χ3v) is 2.82. The SMILES string of the molecule is [2H]N1CC([2H])([2H])C([2H])([2H])OP1(=O)N(C([2H])([2H])C([2H])([2H])Cl)C([2H])([2H])C([2H])([2H])Cl. The molecular formula is C7H15Cl2N2O2P. The van der Waals surface area contributed by atoms with Crippen molar-refractivity contribution in [1.29, 1.82) is 0 Å². The molecule has 0 amide bonds. The van der Waals surface area contributed by atoms with Crippen molar-refractivity contribution >= 4 is 30.9 Å². The molecule has 7 heteroatoms. The van der Waals surface area contributed by atoms with E-state index in [0.717, 1.165) is 0 Å². The van der Waals surface area contributed by atoms with Crippen molar-refractivity contribution in [2.75, 3.05) is 37.8 Å². The highest BCUT2D eigenvalue weighted by atomic mass is 35.5. The van der Waals surface area contributed by atoms with Crippen LogP contribution in [0.2, 0.25) is 1.41 Å². The van der Waals surface area contributed by atoms with Crippen LogP contribution >= 0.6 is 30.9 Å². The molecule has 1 heterocycles. The summed E-state index contributed by atoms with van der Waals surface area (Å²) in [6.45, 7) is -12.5. The normalized spacial score (nSPS) is 54.6. The monoisotopic (exact) mass is 273 g/mol. The third-order valence-electron chi connectivity index (χ3n) is 1.11. The highest BCUT2D eigenvalue weighted by Crippen LogP contribution is 2.47. The highest BCUT2D eigenvalue weighted by molar-refractivity contribution is 7.54. The molecule has 0 radical (unpaired) electrons. The molecule has 0 aliphatic carbocycles. The number of rotatable bonds is 5. The second kappa shape index (κ2) is 6.31. The number of halogens is 2. The van der Waals surface area contributed by atoms with E-state index >= 15 is 0 Å². The molecule has 0 bridgehead atoms. The zero-order chi connectivity index (χ0) is 22.1. The van der Waals surface area contributed by atoms with Crippen LogP contribution in [-0.4, -0.2) is 42.4 Å². The molecule has 0 aromatic carbocycles. The van der Waals surface area contributed by atoms with Crippen LogP contribution in [0.3, 0.4) is 0 Å². The van der Waals surface area contributed by atoms with Gasteiger partial charge in [-0.25, -0.2) is 9.75 Å². The van der Waals surface area contributed by atoms with Gasteiger partial charge in [0.25, 0.3) is 0 Å². The standard InChI is InChI=1S/C7H15Cl2N2O2P/c8-2-5-11(6-3-9)14(12)10-4-1-7-13-14/h1-7H2,(H,10,12)/i1D2,2D2,3D2,5D2,6D2,7D2/hD. The fourth-order valence-electron chi connectivity index (χ4n) is 0.616. The van der Waals surface area contributed by atoms with Crippen molar-refractivity contribution in [2.45, 2.75) is 6.37 Å². The van der Waals surface area contributed by atoms with Crippen LogP contribution in [0.15, 0.2) is 0 Å². The van der Waals surface area contributed by atoms with Gasteiger partial charge in [0.15, 0.2) is 0 Å². The summed E-state index contributed by atoms with van der Waals surface area (Å²) in [6.07, 6.45) is -2.95. The van der Waals surface area contributed by atoms with E-state index in [1.165, 1.54) is 0 Å². The molecule has 0 aromatic rings. The van der Waals surface area contributed by atoms with Gasteiger partial charge in [-0.3, -0.25) is 4.57 Å². The van der Waals surface area contributed by atoms with E-state index < -0.39 is 56.5 Å². The fourth-order valence-corrected chi connectivity index (χ4v) is 1.95. The van der Waals surface area contributed by atoms with Gasteiger partial charge >= 0.3 is 7.67 Å². The quantitative estimate of drug-likeness (QED) is 0.614. The maximum absolute atomic E-state index is 13.3. The molecular weight excluding hydrogens is 246 g/mol. The van der Waals surface area contributed by atoms with Crippen molar-refractivity contribution in [3.8, 4) is 0 Å². The van der Waals surface area contributed by atoms with Crippen LogP contribution < -0.4 is 5.08 Å². The van der Waals surface area contributed by atoms with Crippen LogP contribution in [-0.2, 0) is 9.09 Å². The summed E-state index contributed by atoms with van der Waals surface area (Å²) >= 11 is 10.6. The maximum atomic E-state index is 13.3. The summed E-state index contributed by atoms with van der Waals surface area (Å²) in [4.78, 5) is 0. The average molecular weight is 274 g/mol. The van der Waals surface area contributed by atoms with Gasteiger partial charge in [-0.2, -0.15) is 0 Å². The van der Waals surface area contributed by atoms with E-state index in [2.05, 4.69) is 4.52 Å². The van der Waals surface area contributed by atoms with Crippen molar-refractivity contribution in [3.05, 3.63) is 0 Å². The first kappa shape index (κ1) is 3.59. The van der Waals surface area contributed by atoms with Crippen LogP contribution in [0.25, 0.3) is 0 Å². The van der Waals surface area contributed by atoms with E-state index in [9.17, 15) is 4.57 Å². The van der Waals surface area contributed by atoms with Crippen molar-refractivity contribution < 1.29 is 26.9 Å². The van der Waals surface area contributed by atoms with Gasteiger partial charge in [-0.15, -0.1) is 23.2 Å². The predicted molar refractivity (Wildman–Crippen MR) is 59.2 cm³/mol. The minimum atomic E-state index is -5.63. The molecule has 1 unspecified atom stereocenters.